The number of benzene rings is 2. The second-order valence-electron chi connectivity index (χ2n) is 6.18. The summed E-state index contributed by atoms with van der Waals surface area (Å²) in [4.78, 5) is 38.3. The van der Waals surface area contributed by atoms with Crippen molar-refractivity contribution < 1.29 is 19.1 Å². The van der Waals surface area contributed by atoms with E-state index < -0.39 is 18.5 Å². The zero-order chi connectivity index (χ0) is 20.7. The van der Waals surface area contributed by atoms with Crippen LogP contribution in [0.4, 0.5) is 5.69 Å². The van der Waals surface area contributed by atoms with E-state index >= 15 is 0 Å². The molecule has 0 aliphatic carbocycles. The molecule has 0 atom stereocenters. The molecule has 0 saturated carbocycles. The second-order valence-corrected chi connectivity index (χ2v) is 7.60. The van der Waals surface area contributed by atoms with Crippen molar-refractivity contribution in [3.63, 3.8) is 0 Å². The maximum absolute atomic E-state index is 12.4. The van der Waals surface area contributed by atoms with Gasteiger partial charge in [-0.25, -0.2) is 4.79 Å². The summed E-state index contributed by atoms with van der Waals surface area (Å²) < 4.78 is 5.12. The average molecular weight is 421 g/mol. The van der Waals surface area contributed by atoms with E-state index in [1.54, 1.807) is 50.5 Å². The van der Waals surface area contributed by atoms with E-state index in [0.29, 0.717) is 21.2 Å². The van der Waals surface area contributed by atoms with E-state index in [4.69, 9.17) is 16.3 Å². The first-order valence-electron chi connectivity index (χ1n) is 8.43. The molecule has 0 saturated heterocycles. The van der Waals surface area contributed by atoms with Gasteiger partial charge in [0.15, 0.2) is 6.61 Å². The highest BCUT2D eigenvalue weighted by Gasteiger charge is 2.16. The van der Waals surface area contributed by atoms with Crippen molar-refractivity contribution in [2.45, 2.75) is 11.8 Å². The fourth-order valence-corrected chi connectivity index (χ4v) is 3.45. The molecule has 0 heterocycles. The molecule has 148 valence electrons. The quantitative estimate of drug-likeness (QED) is 0.546. The lowest BCUT2D eigenvalue weighted by Gasteiger charge is -2.12. The predicted molar refractivity (Wildman–Crippen MR) is 111 cm³/mol. The Labute approximate surface area is 173 Å². The number of anilines is 1. The zero-order valence-corrected chi connectivity index (χ0v) is 17.4. The summed E-state index contributed by atoms with van der Waals surface area (Å²) in [6.45, 7) is 1.44. The molecule has 0 radical (unpaired) electrons. The molecular formula is C20H21ClN2O4S. The minimum atomic E-state index is -0.634. The second kappa shape index (κ2) is 10.1. The summed E-state index contributed by atoms with van der Waals surface area (Å²) in [5.41, 5.74) is 1.72. The number of nitrogens with zero attached hydrogens (tertiary/aromatic N) is 1. The predicted octanol–water partition coefficient (Wildman–Crippen LogP) is 3.62. The van der Waals surface area contributed by atoms with Crippen molar-refractivity contribution in [1.29, 1.82) is 0 Å². The fourth-order valence-electron chi connectivity index (χ4n) is 2.15. The highest BCUT2D eigenvalue weighted by atomic mass is 35.5. The lowest BCUT2D eigenvalue weighted by molar-refractivity contribution is -0.125. The highest BCUT2D eigenvalue weighted by molar-refractivity contribution is 8.00. The summed E-state index contributed by atoms with van der Waals surface area (Å²) in [7, 11) is 3.34. The SMILES string of the molecule is Cc1ccc(NC(=O)COC(=O)c2ccccc2SCC(=O)N(C)C)c(Cl)c1. The minimum absolute atomic E-state index is 0.0671. The molecule has 2 rings (SSSR count). The monoisotopic (exact) mass is 420 g/mol. The van der Waals surface area contributed by atoms with Gasteiger partial charge in [0.1, 0.15) is 0 Å². The molecule has 2 aromatic carbocycles. The number of rotatable bonds is 7. The largest absolute Gasteiger partial charge is 0.452 e. The number of hydrogen-bond donors (Lipinski definition) is 1. The van der Waals surface area contributed by atoms with Gasteiger partial charge in [-0.05, 0) is 36.8 Å². The minimum Gasteiger partial charge on any atom is -0.452 e. The lowest BCUT2D eigenvalue weighted by atomic mass is 10.2. The van der Waals surface area contributed by atoms with Gasteiger partial charge in [-0.2, -0.15) is 0 Å². The van der Waals surface area contributed by atoms with Crippen molar-refractivity contribution in [2.24, 2.45) is 0 Å². The number of ether oxygens (including phenoxy) is 1. The zero-order valence-electron chi connectivity index (χ0n) is 15.8. The van der Waals surface area contributed by atoms with E-state index in [0.717, 1.165) is 5.56 Å². The molecule has 8 heteroatoms. The third-order valence-electron chi connectivity index (χ3n) is 3.69. The molecule has 1 N–H and O–H groups in total. The van der Waals surface area contributed by atoms with Crippen LogP contribution in [0.1, 0.15) is 15.9 Å². The molecule has 0 unspecified atom stereocenters. The summed E-state index contributed by atoms with van der Waals surface area (Å²) in [5, 5.41) is 3.02. The Morgan fingerprint density at radius 2 is 1.86 bits per heavy atom. The maximum Gasteiger partial charge on any atom is 0.339 e. The molecule has 6 nitrogen and oxygen atoms in total. The molecule has 28 heavy (non-hydrogen) atoms. The molecule has 2 aromatic rings. The van der Waals surface area contributed by atoms with Crippen molar-refractivity contribution in [3.8, 4) is 0 Å². The van der Waals surface area contributed by atoms with Crippen LogP contribution in [-0.2, 0) is 14.3 Å². The number of carbonyl (C=O) groups excluding carboxylic acids is 3. The van der Waals surface area contributed by atoms with Crippen LogP contribution in [0, 0.1) is 6.92 Å². The normalized spacial score (nSPS) is 10.3. The molecule has 0 spiro atoms. The van der Waals surface area contributed by atoms with Crippen LogP contribution in [0.3, 0.4) is 0 Å². The molecule has 0 aromatic heterocycles. The third kappa shape index (κ3) is 6.28. The first-order chi connectivity index (χ1) is 13.3. The van der Waals surface area contributed by atoms with Gasteiger partial charge < -0.3 is 15.0 Å². The van der Waals surface area contributed by atoms with Gasteiger partial charge >= 0.3 is 5.97 Å². The lowest BCUT2D eigenvalue weighted by Crippen LogP contribution is -2.23. The number of halogens is 1. The van der Waals surface area contributed by atoms with E-state index in [1.807, 2.05) is 13.0 Å². The smallest absolute Gasteiger partial charge is 0.339 e. The molecular weight excluding hydrogens is 400 g/mol. The van der Waals surface area contributed by atoms with E-state index in [9.17, 15) is 14.4 Å². The van der Waals surface area contributed by atoms with Crippen LogP contribution in [0.5, 0.6) is 0 Å². The first kappa shape index (κ1) is 21.8. The number of esters is 1. The van der Waals surface area contributed by atoms with Crippen molar-refractivity contribution in [3.05, 3.63) is 58.6 Å². The fraction of sp³-hybridized carbons (Fsp3) is 0.250. The van der Waals surface area contributed by atoms with Crippen LogP contribution < -0.4 is 5.32 Å². The summed E-state index contributed by atoms with van der Waals surface area (Å²) in [5.74, 6) is -0.996. The van der Waals surface area contributed by atoms with Crippen LogP contribution >= 0.6 is 23.4 Å². The van der Waals surface area contributed by atoms with Gasteiger partial charge in [0.25, 0.3) is 5.91 Å². The highest BCUT2D eigenvalue weighted by Crippen LogP contribution is 2.24. The Morgan fingerprint density at radius 3 is 2.54 bits per heavy atom. The summed E-state index contributed by atoms with van der Waals surface area (Å²) >= 11 is 7.32. The van der Waals surface area contributed by atoms with E-state index in [-0.39, 0.29) is 11.7 Å². The Balaban J connectivity index is 1.95. The molecule has 0 aliphatic rings. The number of amides is 2. The number of aryl methyl sites for hydroxylation is 1. The van der Waals surface area contributed by atoms with Gasteiger partial charge in [-0.3, -0.25) is 9.59 Å². The molecule has 2 amide bonds. The van der Waals surface area contributed by atoms with Gasteiger partial charge in [0.05, 0.1) is 22.0 Å². The van der Waals surface area contributed by atoms with Crippen LogP contribution in [0.25, 0.3) is 0 Å². The third-order valence-corrected chi connectivity index (χ3v) is 5.06. The van der Waals surface area contributed by atoms with Gasteiger partial charge in [0, 0.05) is 19.0 Å². The summed E-state index contributed by atoms with van der Waals surface area (Å²) in [6, 6.07) is 12.0. The van der Waals surface area contributed by atoms with Crippen molar-refractivity contribution >= 4 is 46.8 Å². The molecule has 0 aliphatic heterocycles. The number of nitrogens with one attached hydrogen (secondary N) is 1. The number of thioether (sulfide) groups is 1. The summed E-state index contributed by atoms with van der Waals surface area (Å²) in [6.07, 6.45) is 0. The average Bonchev–Trinajstić information content (AvgIpc) is 2.66. The van der Waals surface area contributed by atoms with Crippen molar-refractivity contribution in [2.75, 3.05) is 31.8 Å². The maximum atomic E-state index is 12.4. The Bertz CT molecular complexity index is 886. The van der Waals surface area contributed by atoms with Gasteiger partial charge in [0.2, 0.25) is 5.91 Å². The van der Waals surface area contributed by atoms with E-state index in [2.05, 4.69) is 5.32 Å². The Morgan fingerprint density at radius 1 is 1.14 bits per heavy atom. The van der Waals surface area contributed by atoms with Crippen LogP contribution in [0.15, 0.2) is 47.4 Å². The Kier molecular flexibility index (Phi) is 7.90. The number of hydrogen-bond acceptors (Lipinski definition) is 5. The first-order valence-corrected chi connectivity index (χ1v) is 9.79. The standard InChI is InChI=1S/C20H21ClN2O4S/c1-13-8-9-16(15(21)10-13)22-18(24)11-27-20(26)14-6-4-5-7-17(14)28-12-19(25)23(2)3/h4-10H,11-12H2,1-3H3,(H,22,24). The molecule has 0 fully saturated rings. The number of carbonyl (C=O) groups is 3. The van der Waals surface area contributed by atoms with Crippen LogP contribution in [-0.4, -0.2) is 49.1 Å². The Hall–Kier alpha value is -2.51. The topological polar surface area (TPSA) is 75.7 Å². The van der Waals surface area contributed by atoms with E-state index in [1.165, 1.54) is 16.7 Å². The van der Waals surface area contributed by atoms with Gasteiger partial charge in [-0.1, -0.05) is 29.8 Å². The molecule has 0 bridgehead atoms. The van der Waals surface area contributed by atoms with Crippen molar-refractivity contribution in [1.82, 2.24) is 4.90 Å². The van der Waals surface area contributed by atoms with Gasteiger partial charge in [-0.15, -0.1) is 11.8 Å². The van der Waals surface area contributed by atoms with Crippen LogP contribution in [0.2, 0.25) is 5.02 Å².